The van der Waals surface area contributed by atoms with Crippen molar-refractivity contribution in [2.45, 2.75) is 12.8 Å². The summed E-state index contributed by atoms with van der Waals surface area (Å²) in [6.07, 6.45) is 0.781. The fraction of sp³-hybridized carbons (Fsp3) is 0.300. The maximum atomic E-state index is 12.1. The van der Waals surface area contributed by atoms with Crippen LogP contribution in [0.2, 0.25) is 0 Å². The number of hydrogen-bond acceptors (Lipinski definition) is 5. The molecule has 0 aromatic heterocycles. The maximum absolute atomic E-state index is 12.1. The van der Waals surface area contributed by atoms with Crippen LogP contribution >= 0.6 is 0 Å². The summed E-state index contributed by atoms with van der Waals surface area (Å²) in [5, 5.41) is 5.59. The lowest BCUT2D eigenvalue weighted by Gasteiger charge is -2.12. The van der Waals surface area contributed by atoms with Gasteiger partial charge in [-0.05, 0) is 42.8 Å². The summed E-state index contributed by atoms with van der Waals surface area (Å²) in [4.78, 5) is 24.2. The van der Waals surface area contributed by atoms with Crippen LogP contribution in [0.15, 0.2) is 42.5 Å². The summed E-state index contributed by atoms with van der Waals surface area (Å²) in [6, 6.07) is 12.0. The smallest absolute Gasteiger partial charge is 0.251 e. The summed E-state index contributed by atoms with van der Waals surface area (Å²) < 4.78 is 15.4. The molecule has 0 heterocycles. The summed E-state index contributed by atoms with van der Waals surface area (Å²) in [7, 11) is 4.66. The molecule has 0 aliphatic rings. The Kier molecular flexibility index (Phi) is 7.49. The second kappa shape index (κ2) is 10.1. The van der Waals surface area contributed by atoms with Crippen molar-refractivity contribution in [3.8, 4) is 17.2 Å². The van der Waals surface area contributed by atoms with Gasteiger partial charge in [0.05, 0.1) is 27.0 Å². The van der Waals surface area contributed by atoms with Gasteiger partial charge in [0, 0.05) is 24.6 Å². The monoisotopic (exact) mass is 372 g/mol. The van der Waals surface area contributed by atoms with Crippen LogP contribution in [-0.2, 0) is 4.79 Å². The fourth-order valence-electron chi connectivity index (χ4n) is 2.42. The molecule has 7 nitrogen and oxygen atoms in total. The molecule has 0 saturated carbocycles. The largest absolute Gasteiger partial charge is 0.497 e. The Morgan fingerprint density at radius 3 is 2.19 bits per heavy atom. The quantitative estimate of drug-likeness (QED) is 0.661. The van der Waals surface area contributed by atoms with E-state index in [9.17, 15) is 9.59 Å². The molecule has 0 spiro atoms. The Morgan fingerprint density at radius 2 is 1.56 bits per heavy atom. The van der Waals surface area contributed by atoms with E-state index in [-0.39, 0.29) is 18.2 Å². The molecule has 0 radical (unpaired) electrons. The average Bonchev–Trinajstić information content (AvgIpc) is 2.71. The van der Waals surface area contributed by atoms with E-state index in [1.165, 1.54) is 7.11 Å². The van der Waals surface area contributed by atoms with Crippen molar-refractivity contribution in [1.29, 1.82) is 0 Å². The zero-order valence-corrected chi connectivity index (χ0v) is 15.7. The van der Waals surface area contributed by atoms with Gasteiger partial charge in [0.2, 0.25) is 5.91 Å². The van der Waals surface area contributed by atoms with Crippen LogP contribution in [0, 0.1) is 0 Å². The van der Waals surface area contributed by atoms with Crippen molar-refractivity contribution in [3.05, 3.63) is 48.0 Å². The van der Waals surface area contributed by atoms with E-state index in [2.05, 4.69) is 10.6 Å². The minimum atomic E-state index is -0.187. The molecular weight excluding hydrogens is 348 g/mol. The van der Waals surface area contributed by atoms with Gasteiger partial charge in [-0.15, -0.1) is 0 Å². The zero-order valence-electron chi connectivity index (χ0n) is 15.7. The first kappa shape index (κ1) is 20.1. The molecule has 0 aliphatic heterocycles. The molecule has 27 heavy (non-hydrogen) atoms. The minimum Gasteiger partial charge on any atom is -0.497 e. The Hall–Kier alpha value is -3.22. The molecule has 0 atom stereocenters. The highest BCUT2D eigenvalue weighted by Gasteiger charge is 2.10. The maximum Gasteiger partial charge on any atom is 0.251 e. The lowest BCUT2D eigenvalue weighted by Crippen LogP contribution is -2.25. The first-order chi connectivity index (χ1) is 13.1. The van der Waals surface area contributed by atoms with E-state index in [0.717, 1.165) is 0 Å². The number of carbonyl (C=O) groups excluding carboxylic acids is 2. The van der Waals surface area contributed by atoms with Crippen molar-refractivity contribution in [1.82, 2.24) is 5.32 Å². The van der Waals surface area contributed by atoms with Crippen LogP contribution in [0.1, 0.15) is 23.2 Å². The summed E-state index contributed by atoms with van der Waals surface area (Å²) >= 11 is 0. The van der Waals surface area contributed by atoms with Gasteiger partial charge in [-0.3, -0.25) is 9.59 Å². The highest BCUT2D eigenvalue weighted by Crippen LogP contribution is 2.28. The van der Waals surface area contributed by atoms with E-state index < -0.39 is 0 Å². The molecular formula is C20H24N2O5. The Morgan fingerprint density at radius 1 is 0.889 bits per heavy atom. The van der Waals surface area contributed by atoms with E-state index in [0.29, 0.717) is 41.5 Å². The molecule has 0 fully saturated rings. The number of hydrogen-bond donors (Lipinski definition) is 2. The topological polar surface area (TPSA) is 85.9 Å². The molecule has 144 valence electrons. The highest BCUT2D eigenvalue weighted by atomic mass is 16.5. The Bertz CT molecular complexity index is 774. The van der Waals surface area contributed by atoms with Gasteiger partial charge in [0.1, 0.15) is 17.2 Å². The Labute approximate surface area is 158 Å². The molecule has 2 rings (SSSR count). The van der Waals surface area contributed by atoms with Gasteiger partial charge in [-0.1, -0.05) is 0 Å². The second-order valence-corrected chi connectivity index (χ2v) is 5.70. The van der Waals surface area contributed by atoms with Crippen molar-refractivity contribution < 1.29 is 23.8 Å². The molecule has 0 saturated heterocycles. The van der Waals surface area contributed by atoms with Crippen LogP contribution in [0.25, 0.3) is 0 Å². The third kappa shape index (κ3) is 5.91. The highest BCUT2D eigenvalue weighted by molar-refractivity contribution is 5.94. The number of carbonyl (C=O) groups is 2. The Balaban J connectivity index is 1.78. The number of rotatable bonds is 9. The van der Waals surface area contributed by atoms with Gasteiger partial charge < -0.3 is 24.8 Å². The van der Waals surface area contributed by atoms with Gasteiger partial charge in [0.25, 0.3) is 5.91 Å². The molecule has 0 bridgehead atoms. The summed E-state index contributed by atoms with van der Waals surface area (Å²) in [5.74, 6) is 1.51. The van der Waals surface area contributed by atoms with Crippen LogP contribution in [0.4, 0.5) is 5.69 Å². The lowest BCUT2D eigenvalue weighted by molar-refractivity contribution is -0.116. The lowest BCUT2D eigenvalue weighted by atomic mass is 10.2. The number of amides is 2. The van der Waals surface area contributed by atoms with Crippen LogP contribution < -0.4 is 24.8 Å². The van der Waals surface area contributed by atoms with Crippen molar-refractivity contribution in [2.75, 3.05) is 33.2 Å². The van der Waals surface area contributed by atoms with Gasteiger partial charge in [0.15, 0.2) is 0 Å². The number of anilines is 1. The van der Waals surface area contributed by atoms with E-state index in [4.69, 9.17) is 14.2 Å². The van der Waals surface area contributed by atoms with E-state index in [1.807, 2.05) is 0 Å². The van der Waals surface area contributed by atoms with E-state index in [1.54, 1.807) is 56.7 Å². The zero-order chi connectivity index (χ0) is 19.6. The van der Waals surface area contributed by atoms with Crippen molar-refractivity contribution in [3.63, 3.8) is 0 Å². The van der Waals surface area contributed by atoms with Gasteiger partial charge in [-0.2, -0.15) is 0 Å². The normalized spacial score (nSPS) is 10.0. The number of benzene rings is 2. The summed E-state index contributed by atoms with van der Waals surface area (Å²) in [6.45, 7) is 0.396. The number of methoxy groups -OCH3 is 3. The first-order valence-corrected chi connectivity index (χ1v) is 8.51. The number of ether oxygens (including phenoxy) is 3. The predicted octanol–water partition coefficient (Wildman–Crippen LogP) is 2.86. The molecule has 0 aliphatic carbocycles. The van der Waals surface area contributed by atoms with Crippen LogP contribution in [-0.4, -0.2) is 39.7 Å². The first-order valence-electron chi connectivity index (χ1n) is 8.51. The van der Waals surface area contributed by atoms with Gasteiger partial charge in [-0.25, -0.2) is 0 Å². The molecule has 7 heteroatoms. The molecule has 0 unspecified atom stereocenters. The second-order valence-electron chi connectivity index (χ2n) is 5.70. The third-order valence-electron chi connectivity index (χ3n) is 3.90. The van der Waals surface area contributed by atoms with Crippen LogP contribution in [0.3, 0.4) is 0 Å². The summed E-state index contributed by atoms with van der Waals surface area (Å²) in [5.41, 5.74) is 1.09. The molecule has 2 aromatic rings. The molecule has 2 aromatic carbocycles. The number of nitrogens with one attached hydrogen (secondary N) is 2. The average molecular weight is 372 g/mol. The molecule has 2 N–H and O–H groups in total. The van der Waals surface area contributed by atoms with Crippen molar-refractivity contribution >= 4 is 17.5 Å². The van der Waals surface area contributed by atoms with Gasteiger partial charge >= 0.3 is 0 Å². The van der Waals surface area contributed by atoms with Crippen molar-refractivity contribution in [2.24, 2.45) is 0 Å². The standard InChI is InChI=1S/C20H24N2O5/c1-25-15-8-6-14(7-9-15)20(24)21-12-4-5-19(23)22-17-13-16(26-2)10-11-18(17)27-3/h6-11,13H,4-5,12H2,1-3H3,(H,21,24)(H,22,23). The van der Waals surface area contributed by atoms with E-state index >= 15 is 0 Å². The third-order valence-corrected chi connectivity index (χ3v) is 3.90. The fourth-order valence-corrected chi connectivity index (χ4v) is 2.42. The minimum absolute atomic E-state index is 0.166. The molecule has 2 amide bonds. The predicted molar refractivity (Wildman–Crippen MR) is 103 cm³/mol. The SMILES string of the molecule is COc1ccc(C(=O)NCCCC(=O)Nc2cc(OC)ccc2OC)cc1. The van der Waals surface area contributed by atoms with Crippen LogP contribution in [0.5, 0.6) is 17.2 Å².